The summed E-state index contributed by atoms with van der Waals surface area (Å²) in [6.07, 6.45) is 39.3. The van der Waals surface area contributed by atoms with Crippen LogP contribution in [0.25, 0.3) is 0 Å². The maximum absolute atomic E-state index is 12.5. The van der Waals surface area contributed by atoms with Gasteiger partial charge in [0.2, 0.25) is 0 Å². The van der Waals surface area contributed by atoms with E-state index in [1.807, 2.05) is 0 Å². The van der Waals surface area contributed by atoms with Gasteiger partial charge in [0.05, 0.1) is 13.2 Å². The Balaban J connectivity index is 4.11. The molecule has 0 amide bonds. The van der Waals surface area contributed by atoms with Crippen molar-refractivity contribution in [3.05, 3.63) is 24.3 Å². The number of unbranched alkanes of at least 4 members (excludes halogenated alkanes) is 22. The van der Waals surface area contributed by atoms with Gasteiger partial charge in [-0.1, -0.05) is 147 Å². The zero-order valence-corrected chi connectivity index (χ0v) is 33.7. The normalized spacial score (nSPS) is 13.6. The molecule has 0 aliphatic heterocycles. The molecule has 0 saturated heterocycles. The number of rotatable bonds is 39. The highest BCUT2D eigenvalue weighted by atomic mass is 31.2. The Morgan fingerprint density at radius 3 is 1.45 bits per heavy atom. The Labute approximate surface area is 312 Å². The van der Waals surface area contributed by atoms with Crippen LogP contribution >= 0.6 is 7.82 Å². The number of phosphoric acid groups is 1. The first-order valence-electron chi connectivity index (χ1n) is 20.8. The largest absolute Gasteiger partial charge is 0.472 e. The van der Waals surface area contributed by atoms with E-state index < -0.39 is 26.5 Å². The molecule has 0 aliphatic carbocycles. The highest BCUT2D eigenvalue weighted by molar-refractivity contribution is 7.47. The molecule has 1 unspecified atom stereocenters. The summed E-state index contributed by atoms with van der Waals surface area (Å²) in [5.41, 5.74) is 5.33. The van der Waals surface area contributed by atoms with Gasteiger partial charge < -0.3 is 20.1 Å². The van der Waals surface area contributed by atoms with Gasteiger partial charge in [0, 0.05) is 19.4 Å². The van der Waals surface area contributed by atoms with Crippen LogP contribution in [0.4, 0.5) is 0 Å². The number of hydrogen-bond acceptors (Lipinski definition) is 8. The molecule has 0 fully saturated rings. The van der Waals surface area contributed by atoms with Crippen molar-refractivity contribution in [2.75, 3.05) is 26.4 Å². The molecule has 2 atom stereocenters. The SMILES string of the molecule is CCCC/C=C\CCCCCCCC(=O)O[C@H](COC(=O)CCCCCCCCCCC/C=C\CCCCCCCC)COP(=O)(O)OCCN. The van der Waals surface area contributed by atoms with E-state index in [2.05, 4.69) is 38.2 Å². The first kappa shape index (κ1) is 49.5. The average Bonchev–Trinajstić information content (AvgIpc) is 3.11. The number of carbonyl (C=O) groups excluding carboxylic acids is 2. The van der Waals surface area contributed by atoms with Crippen molar-refractivity contribution in [3.63, 3.8) is 0 Å². The first-order chi connectivity index (χ1) is 24.8. The van der Waals surface area contributed by atoms with E-state index in [1.165, 1.54) is 103 Å². The van der Waals surface area contributed by atoms with Crippen LogP contribution in [0.2, 0.25) is 0 Å². The summed E-state index contributed by atoms with van der Waals surface area (Å²) in [6, 6.07) is 0. The molecule has 0 rings (SSSR count). The number of nitrogens with two attached hydrogens (primary N) is 1. The Hall–Kier alpha value is -1.51. The molecule has 0 bridgehead atoms. The minimum atomic E-state index is -4.37. The van der Waals surface area contributed by atoms with Crippen molar-refractivity contribution < 1.29 is 37.6 Å². The van der Waals surface area contributed by atoms with Crippen LogP contribution in [0.3, 0.4) is 0 Å². The third-order valence-electron chi connectivity index (χ3n) is 8.81. The zero-order valence-electron chi connectivity index (χ0n) is 32.8. The van der Waals surface area contributed by atoms with E-state index in [1.54, 1.807) is 0 Å². The molecule has 9 nitrogen and oxygen atoms in total. The number of carbonyl (C=O) groups is 2. The van der Waals surface area contributed by atoms with Crippen LogP contribution in [0.15, 0.2) is 24.3 Å². The quantitative estimate of drug-likeness (QED) is 0.0273. The number of esters is 2. The lowest BCUT2D eigenvalue weighted by atomic mass is 10.1. The average molecular weight is 744 g/mol. The van der Waals surface area contributed by atoms with Gasteiger partial charge in [0.25, 0.3) is 0 Å². The van der Waals surface area contributed by atoms with Crippen LogP contribution in [0.1, 0.15) is 194 Å². The second kappa shape index (κ2) is 38.2. The lowest BCUT2D eigenvalue weighted by Gasteiger charge is -2.19. The minimum absolute atomic E-state index is 0.0527. The van der Waals surface area contributed by atoms with Crippen LogP contribution in [-0.4, -0.2) is 49.3 Å². The predicted octanol–water partition coefficient (Wildman–Crippen LogP) is 11.6. The molecule has 0 radical (unpaired) electrons. The fraction of sp³-hybridized carbons (Fsp3) is 0.854. The maximum atomic E-state index is 12.5. The molecule has 51 heavy (non-hydrogen) atoms. The van der Waals surface area contributed by atoms with Gasteiger partial charge in [-0.3, -0.25) is 18.6 Å². The summed E-state index contributed by atoms with van der Waals surface area (Å²) in [7, 11) is -4.37. The molecular formula is C41H78NO8P. The van der Waals surface area contributed by atoms with Crippen molar-refractivity contribution in [1.82, 2.24) is 0 Å². The van der Waals surface area contributed by atoms with Crippen molar-refractivity contribution in [2.24, 2.45) is 5.73 Å². The monoisotopic (exact) mass is 744 g/mol. The standard InChI is InChI=1S/C41H78NO8P/c1-3-5-7-9-11-13-15-16-17-18-19-20-21-22-24-25-27-29-31-33-40(43)47-37-39(38-49-51(45,46)48-36-35-42)50-41(44)34-32-30-28-26-23-14-12-10-8-6-4-2/h10,12,16-17,39H,3-9,11,13-15,18-38,42H2,1-2H3,(H,45,46)/b12-10-,17-16-/t39-/m1/s1. The molecule has 3 N–H and O–H groups in total. The highest BCUT2D eigenvalue weighted by Crippen LogP contribution is 2.43. The van der Waals surface area contributed by atoms with Gasteiger partial charge in [-0.2, -0.15) is 0 Å². The molecule has 10 heteroatoms. The fourth-order valence-electron chi connectivity index (χ4n) is 5.67. The van der Waals surface area contributed by atoms with E-state index in [0.717, 1.165) is 57.8 Å². The van der Waals surface area contributed by atoms with Crippen LogP contribution in [-0.2, 0) is 32.7 Å². The minimum Gasteiger partial charge on any atom is -0.462 e. The zero-order chi connectivity index (χ0) is 37.5. The van der Waals surface area contributed by atoms with Gasteiger partial charge in [0.1, 0.15) is 6.61 Å². The van der Waals surface area contributed by atoms with E-state index >= 15 is 0 Å². The number of phosphoric ester groups is 1. The van der Waals surface area contributed by atoms with Crippen LogP contribution in [0.5, 0.6) is 0 Å². The Morgan fingerprint density at radius 2 is 0.980 bits per heavy atom. The molecule has 300 valence electrons. The smallest absolute Gasteiger partial charge is 0.462 e. The second-order valence-corrected chi connectivity index (χ2v) is 15.3. The first-order valence-corrected chi connectivity index (χ1v) is 22.3. The van der Waals surface area contributed by atoms with E-state index in [4.69, 9.17) is 24.3 Å². The van der Waals surface area contributed by atoms with Gasteiger partial charge >= 0.3 is 19.8 Å². The number of hydrogen-bond donors (Lipinski definition) is 2. The molecule has 0 aromatic rings. The lowest BCUT2D eigenvalue weighted by molar-refractivity contribution is -0.161. The summed E-state index contributed by atoms with van der Waals surface area (Å²) in [5.74, 6) is -0.839. The predicted molar refractivity (Wildman–Crippen MR) is 211 cm³/mol. The number of ether oxygens (including phenoxy) is 2. The van der Waals surface area contributed by atoms with Crippen molar-refractivity contribution >= 4 is 19.8 Å². The number of allylic oxidation sites excluding steroid dienone is 4. The molecule has 0 aromatic carbocycles. The van der Waals surface area contributed by atoms with Gasteiger partial charge in [-0.05, 0) is 57.8 Å². The molecule has 0 aliphatic rings. The molecular weight excluding hydrogens is 665 g/mol. The topological polar surface area (TPSA) is 134 Å². The summed E-state index contributed by atoms with van der Waals surface area (Å²) in [4.78, 5) is 34.7. The Bertz CT molecular complexity index is 897. The molecule has 0 aromatic heterocycles. The molecule has 0 heterocycles. The summed E-state index contributed by atoms with van der Waals surface area (Å²) in [6.45, 7) is 3.68. The van der Waals surface area contributed by atoms with E-state index in [0.29, 0.717) is 6.42 Å². The fourth-order valence-corrected chi connectivity index (χ4v) is 6.43. The summed E-state index contributed by atoms with van der Waals surface area (Å²) in [5, 5.41) is 0. The third kappa shape index (κ3) is 38.0. The third-order valence-corrected chi connectivity index (χ3v) is 9.79. The molecule has 0 spiro atoms. The van der Waals surface area contributed by atoms with E-state index in [9.17, 15) is 19.0 Å². The summed E-state index contributed by atoms with van der Waals surface area (Å²) < 4.78 is 32.7. The maximum Gasteiger partial charge on any atom is 0.472 e. The van der Waals surface area contributed by atoms with E-state index in [-0.39, 0.29) is 38.6 Å². The van der Waals surface area contributed by atoms with Crippen LogP contribution in [0, 0.1) is 0 Å². The Morgan fingerprint density at radius 1 is 0.569 bits per heavy atom. The second-order valence-electron chi connectivity index (χ2n) is 13.8. The van der Waals surface area contributed by atoms with Crippen molar-refractivity contribution in [2.45, 2.75) is 200 Å². The summed E-state index contributed by atoms with van der Waals surface area (Å²) >= 11 is 0. The van der Waals surface area contributed by atoms with Crippen molar-refractivity contribution in [1.29, 1.82) is 0 Å². The Kier molecular flexibility index (Phi) is 37.1. The lowest BCUT2D eigenvalue weighted by Crippen LogP contribution is -2.29. The van der Waals surface area contributed by atoms with Gasteiger partial charge in [-0.15, -0.1) is 0 Å². The van der Waals surface area contributed by atoms with Gasteiger partial charge in [-0.25, -0.2) is 4.57 Å². The highest BCUT2D eigenvalue weighted by Gasteiger charge is 2.26. The van der Waals surface area contributed by atoms with Gasteiger partial charge in [0.15, 0.2) is 6.10 Å². The van der Waals surface area contributed by atoms with Crippen LogP contribution < -0.4 is 5.73 Å². The molecule has 0 saturated carbocycles. The van der Waals surface area contributed by atoms with Crippen molar-refractivity contribution in [3.8, 4) is 0 Å².